The normalized spacial score (nSPS) is 50.5. The highest BCUT2D eigenvalue weighted by molar-refractivity contribution is 5.66. The number of fused-ring (bicyclic) bond motifs is 2. The van der Waals surface area contributed by atoms with Crippen molar-refractivity contribution in [3.05, 3.63) is 12.2 Å². The minimum absolute atomic E-state index is 0.000146. The number of ether oxygens (including phenoxy) is 2. The first-order chi connectivity index (χ1) is 16.9. The van der Waals surface area contributed by atoms with Gasteiger partial charge in [0.15, 0.2) is 6.10 Å². The molecule has 2 heterocycles. The monoisotopic (exact) mass is 512 g/mol. The fourth-order valence-electron chi connectivity index (χ4n) is 8.95. The van der Waals surface area contributed by atoms with E-state index in [2.05, 4.69) is 20.4 Å². The fraction of sp³-hybridized carbons (Fsp3) is 0.885. The van der Waals surface area contributed by atoms with Gasteiger partial charge in [0.25, 0.3) is 0 Å². The lowest BCUT2D eigenvalue weighted by molar-refractivity contribution is -0.530. The molecule has 36 heavy (non-hydrogen) atoms. The Bertz CT molecular complexity index is 907. The standard InChI is InChI=1S/C26H40O10/c1-7-32-35-21-13(3)15-11-16(34-14(4)27)18-24-12-31-26(30,25(18,21)20(15)29)22(36-33-8-2)19(24)23(5,6)10-9-17(24)28/h15-22,28-30H,3,7-12H2,1-2,4-6H3/t15-,16+,17-,18?,19-,20+,21-,22+,24?,25-,26-/m0/s1. The molecule has 6 rings (SSSR count). The summed E-state index contributed by atoms with van der Waals surface area (Å²) >= 11 is 0. The number of esters is 1. The van der Waals surface area contributed by atoms with Crippen molar-refractivity contribution in [1.29, 1.82) is 0 Å². The van der Waals surface area contributed by atoms with Crippen molar-refractivity contribution in [2.24, 2.45) is 34.0 Å². The molecule has 4 bridgehead atoms. The number of aliphatic hydroxyl groups is 3. The van der Waals surface area contributed by atoms with Gasteiger partial charge in [-0.25, -0.2) is 19.6 Å². The molecule has 6 aliphatic rings. The summed E-state index contributed by atoms with van der Waals surface area (Å²) in [6.45, 7) is 13.7. The summed E-state index contributed by atoms with van der Waals surface area (Å²) in [6, 6.07) is 0. The minimum Gasteiger partial charge on any atom is -0.462 e. The maximum Gasteiger partial charge on any atom is 0.302 e. The molecule has 204 valence electrons. The number of hydrogen-bond acceptors (Lipinski definition) is 10. The highest BCUT2D eigenvalue weighted by atomic mass is 17.2. The van der Waals surface area contributed by atoms with Crippen LogP contribution in [0.4, 0.5) is 0 Å². The Kier molecular flexibility index (Phi) is 6.41. The molecule has 10 heteroatoms. The molecule has 4 saturated carbocycles. The summed E-state index contributed by atoms with van der Waals surface area (Å²) < 4.78 is 12.2. The highest BCUT2D eigenvalue weighted by Gasteiger charge is 2.89. The van der Waals surface area contributed by atoms with Gasteiger partial charge in [-0.1, -0.05) is 20.4 Å². The fourth-order valence-corrected chi connectivity index (χ4v) is 8.95. The van der Waals surface area contributed by atoms with Crippen LogP contribution in [-0.4, -0.2) is 77.4 Å². The van der Waals surface area contributed by atoms with E-state index < -0.39 is 76.3 Å². The number of carbonyl (C=O) groups is 1. The van der Waals surface area contributed by atoms with Crippen LogP contribution < -0.4 is 0 Å². The largest absolute Gasteiger partial charge is 0.462 e. The number of rotatable bonds is 7. The molecule has 3 N–H and O–H groups in total. The van der Waals surface area contributed by atoms with Crippen molar-refractivity contribution in [1.82, 2.24) is 0 Å². The van der Waals surface area contributed by atoms with Gasteiger partial charge in [0.2, 0.25) is 5.79 Å². The Morgan fingerprint density at radius 1 is 1.14 bits per heavy atom. The van der Waals surface area contributed by atoms with Crippen molar-refractivity contribution >= 4 is 5.97 Å². The van der Waals surface area contributed by atoms with Gasteiger partial charge in [0, 0.05) is 30.1 Å². The van der Waals surface area contributed by atoms with Gasteiger partial charge >= 0.3 is 5.97 Å². The molecule has 2 aliphatic heterocycles. The molecule has 2 unspecified atom stereocenters. The zero-order valence-electron chi connectivity index (χ0n) is 21.8. The first-order valence-corrected chi connectivity index (χ1v) is 13.1. The maximum absolute atomic E-state index is 12.7. The van der Waals surface area contributed by atoms with Crippen molar-refractivity contribution in [3.63, 3.8) is 0 Å². The number of hydrogen-bond donors (Lipinski definition) is 3. The van der Waals surface area contributed by atoms with Crippen molar-refractivity contribution < 1.29 is 49.1 Å². The van der Waals surface area contributed by atoms with Crippen molar-refractivity contribution in [2.45, 2.75) is 90.2 Å². The van der Waals surface area contributed by atoms with Gasteiger partial charge in [0.1, 0.15) is 12.2 Å². The maximum atomic E-state index is 12.7. The topological polar surface area (TPSA) is 133 Å². The first kappa shape index (κ1) is 26.5. The van der Waals surface area contributed by atoms with E-state index in [0.29, 0.717) is 18.4 Å². The minimum atomic E-state index is -2.12. The lowest BCUT2D eigenvalue weighted by Crippen LogP contribution is -2.88. The Morgan fingerprint density at radius 3 is 2.44 bits per heavy atom. The zero-order valence-corrected chi connectivity index (χ0v) is 21.8. The summed E-state index contributed by atoms with van der Waals surface area (Å²) in [5.74, 6) is -4.33. The van der Waals surface area contributed by atoms with Crippen LogP contribution >= 0.6 is 0 Å². The molecule has 6 fully saturated rings. The van der Waals surface area contributed by atoms with Crippen molar-refractivity contribution in [2.75, 3.05) is 19.8 Å². The summed E-state index contributed by atoms with van der Waals surface area (Å²) in [4.78, 5) is 35.0. The van der Waals surface area contributed by atoms with Crippen LogP contribution in [0.25, 0.3) is 0 Å². The van der Waals surface area contributed by atoms with Crippen LogP contribution in [0.2, 0.25) is 0 Å². The molecule has 2 saturated heterocycles. The van der Waals surface area contributed by atoms with E-state index >= 15 is 0 Å². The predicted molar refractivity (Wildman–Crippen MR) is 124 cm³/mol. The van der Waals surface area contributed by atoms with Gasteiger partial charge in [-0.3, -0.25) is 4.79 Å². The predicted octanol–water partition coefficient (Wildman–Crippen LogP) is 1.66. The molecule has 0 aromatic heterocycles. The molecule has 4 aliphatic carbocycles. The molecule has 11 atom stereocenters. The third-order valence-corrected chi connectivity index (χ3v) is 9.91. The third kappa shape index (κ3) is 3.04. The van der Waals surface area contributed by atoms with E-state index in [-0.39, 0.29) is 26.2 Å². The lowest BCUT2D eigenvalue weighted by atomic mass is 9.35. The van der Waals surface area contributed by atoms with Crippen molar-refractivity contribution in [3.8, 4) is 0 Å². The SMILES string of the molecule is C=C1[C@@H]2C[C@@H](OC(C)=O)C3C45CO[C@@](O)([C@H](OOCC)[C@H]4C(C)(C)CC[C@@H]5O)[C@@]3([C@@H]2O)[C@H]1OOCC. The summed E-state index contributed by atoms with van der Waals surface area (Å²) in [7, 11) is 0. The number of aliphatic hydroxyl groups excluding tert-OH is 2. The van der Waals surface area contributed by atoms with Crippen LogP contribution in [0.1, 0.15) is 53.9 Å². The Balaban J connectivity index is 1.80. The van der Waals surface area contributed by atoms with Crippen LogP contribution in [0.15, 0.2) is 12.2 Å². The smallest absolute Gasteiger partial charge is 0.302 e. The van der Waals surface area contributed by atoms with Crippen LogP contribution in [0.5, 0.6) is 0 Å². The van der Waals surface area contributed by atoms with E-state index in [1.54, 1.807) is 13.8 Å². The van der Waals surface area contributed by atoms with Crippen LogP contribution in [-0.2, 0) is 33.8 Å². The average Bonchev–Trinajstić information content (AvgIpc) is 2.93. The van der Waals surface area contributed by atoms with Gasteiger partial charge in [-0.15, -0.1) is 0 Å². The Labute approximate surface area is 211 Å². The molecular formula is C26H40O10. The molecule has 0 aromatic carbocycles. The van der Waals surface area contributed by atoms with Gasteiger partial charge in [-0.05, 0) is 44.1 Å². The van der Waals surface area contributed by atoms with Gasteiger partial charge in [0.05, 0.1) is 37.4 Å². The Hall–Kier alpha value is -1.11. The first-order valence-electron chi connectivity index (χ1n) is 13.1. The Morgan fingerprint density at radius 2 is 1.81 bits per heavy atom. The molecular weight excluding hydrogens is 472 g/mol. The van der Waals surface area contributed by atoms with Crippen LogP contribution in [0.3, 0.4) is 0 Å². The second-order valence-electron chi connectivity index (χ2n) is 11.8. The third-order valence-electron chi connectivity index (χ3n) is 9.91. The van der Waals surface area contributed by atoms with Gasteiger partial charge in [-0.2, -0.15) is 0 Å². The molecule has 0 aromatic rings. The average molecular weight is 513 g/mol. The quantitative estimate of drug-likeness (QED) is 0.200. The molecule has 10 nitrogen and oxygen atoms in total. The van der Waals surface area contributed by atoms with E-state index in [4.69, 9.17) is 29.0 Å². The van der Waals surface area contributed by atoms with E-state index in [9.17, 15) is 20.1 Å². The van der Waals surface area contributed by atoms with E-state index in [1.807, 2.05) is 0 Å². The lowest BCUT2D eigenvalue weighted by Gasteiger charge is -2.76. The van der Waals surface area contributed by atoms with E-state index in [1.165, 1.54) is 6.92 Å². The number of carbonyl (C=O) groups excluding carboxylic acids is 1. The van der Waals surface area contributed by atoms with Gasteiger partial charge < -0.3 is 24.8 Å². The molecule has 0 radical (unpaired) electrons. The second-order valence-corrected chi connectivity index (χ2v) is 11.8. The summed E-state index contributed by atoms with van der Waals surface area (Å²) in [6.07, 6.45) is -3.42. The van der Waals surface area contributed by atoms with Crippen LogP contribution in [0, 0.1) is 34.0 Å². The van der Waals surface area contributed by atoms with E-state index in [0.717, 1.165) is 0 Å². The summed E-state index contributed by atoms with van der Waals surface area (Å²) in [5, 5.41) is 36.4. The second kappa shape index (κ2) is 8.71. The molecule has 0 amide bonds. The zero-order chi connectivity index (χ0) is 26.3. The highest BCUT2D eigenvalue weighted by Crippen LogP contribution is 2.78. The summed E-state index contributed by atoms with van der Waals surface area (Å²) in [5.41, 5.74) is -2.53. The molecule has 2 spiro atoms.